The van der Waals surface area contributed by atoms with Gasteiger partial charge in [-0.25, -0.2) is 4.79 Å². The van der Waals surface area contributed by atoms with Gasteiger partial charge < -0.3 is 29.5 Å². The molecule has 1 aromatic heterocycles. The van der Waals surface area contributed by atoms with Gasteiger partial charge in [-0.3, -0.25) is 14.7 Å². The van der Waals surface area contributed by atoms with Crippen molar-refractivity contribution in [2.24, 2.45) is 5.92 Å². The first kappa shape index (κ1) is 25.8. The average molecular weight is 512 g/mol. The minimum absolute atomic E-state index is 0.0176. The highest BCUT2D eigenvalue weighted by Gasteiger charge is 2.32. The van der Waals surface area contributed by atoms with E-state index in [4.69, 9.17) is 19.5 Å². The molecule has 1 saturated carbocycles. The van der Waals surface area contributed by atoms with Crippen molar-refractivity contribution in [1.29, 1.82) is 5.26 Å². The molecule has 2 aromatic rings. The molecular weight excluding hydrogens is 482 g/mol. The lowest BCUT2D eigenvalue weighted by Gasteiger charge is -2.29. The first-order valence-electron chi connectivity index (χ1n) is 12.1. The van der Waals surface area contributed by atoms with Gasteiger partial charge in [0, 0.05) is 42.9 Å². The SMILES string of the molecule is COc1cc(O)c(C=O)c(OCC(=O)Nc2cc(C3CCC(OC(=O)N4CCCC(C#N)C4)C3)[nH]n2)c1. The van der Waals surface area contributed by atoms with E-state index < -0.39 is 12.5 Å². The highest BCUT2D eigenvalue weighted by Crippen LogP contribution is 2.36. The highest BCUT2D eigenvalue weighted by atomic mass is 16.6. The maximum Gasteiger partial charge on any atom is 0.410 e. The van der Waals surface area contributed by atoms with Crippen molar-refractivity contribution in [3.8, 4) is 23.3 Å². The number of aromatic nitrogens is 2. The van der Waals surface area contributed by atoms with Crippen LogP contribution in [-0.4, -0.2) is 71.4 Å². The topological polar surface area (TPSA) is 167 Å². The number of carbonyl (C=O) groups excluding carboxylic acids is 3. The minimum Gasteiger partial charge on any atom is -0.507 e. The summed E-state index contributed by atoms with van der Waals surface area (Å²) in [7, 11) is 1.40. The van der Waals surface area contributed by atoms with Gasteiger partial charge in [0.15, 0.2) is 18.7 Å². The zero-order valence-electron chi connectivity index (χ0n) is 20.4. The maximum absolute atomic E-state index is 12.5. The number of nitrogens with one attached hydrogen (secondary N) is 2. The van der Waals surface area contributed by atoms with Crippen LogP contribution >= 0.6 is 0 Å². The molecule has 12 heteroatoms. The summed E-state index contributed by atoms with van der Waals surface area (Å²) in [5, 5.41) is 28.7. The molecule has 1 aliphatic carbocycles. The van der Waals surface area contributed by atoms with E-state index in [9.17, 15) is 19.5 Å². The Morgan fingerprint density at radius 2 is 2.16 bits per heavy atom. The predicted octanol–water partition coefficient (Wildman–Crippen LogP) is 2.96. The van der Waals surface area contributed by atoms with E-state index >= 15 is 0 Å². The summed E-state index contributed by atoms with van der Waals surface area (Å²) >= 11 is 0. The molecular formula is C25H29N5O7. The van der Waals surface area contributed by atoms with Crippen molar-refractivity contribution in [3.05, 3.63) is 29.5 Å². The summed E-state index contributed by atoms with van der Waals surface area (Å²) < 4.78 is 16.2. The number of aromatic amines is 1. The molecule has 4 rings (SSSR count). The number of phenols is 1. The van der Waals surface area contributed by atoms with Crippen molar-refractivity contribution in [1.82, 2.24) is 15.1 Å². The van der Waals surface area contributed by atoms with Crippen molar-refractivity contribution in [2.75, 3.05) is 32.1 Å². The molecule has 3 unspecified atom stereocenters. The summed E-state index contributed by atoms with van der Waals surface area (Å²) in [4.78, 5) is 37.8. The monoisotopic (exact) mass is 511 g/mol. The van der Waals surface area contributed by atoms with Gasteiger partial charge in [0.05, 0.1) is 24.7 Å². The molecule has 2 aliphatic rings. The fourth-order valence-corrected chi connectivity index (χ4v) is 4.67. The van der Waals surface area contributed by atoms with Crippen LogP contribution < -0.4 is 14.8 Å². The van der Waals surface area contributed by atoms with Crippen LogP contribution in [0.4, 0.5) is 10.6 Å². The van der Waals surface area contributed by atoms with E-state index in [1.165, 1.54) is 19.2 Å². The number of aldehydes is 1. The number of phenolic OH excluding ortho intramolecular Hbond substituents is 1. The van der Waals surface area contributed by atoms with Crippen LogP contribution in [0.3, 0.4) is 0 Å². The largest absolute Gasteiger partial charge is 0.507 e. The molecule has 1 saturated heterocycles. The van der Waals surface area contributed by atoms with Crippen LogP contribution in [0.1, 0.15) is 54.1 Å². The summed E-state index contributed by atoms with van der Waals surface area (Å²) in [6.45, 7) is 0.602. The number of benzene rings is 1. The average Bonchev–Trinajstić information content (AvgIpc) is 3.56. The Kier molecular flexibility index (Phi) is 8.12. The van der Waals surface area contributed by atoms with Gasteiger partial charge in [0.2, 0.25) is 0 Å². The predicted molar refractivity (Wildman–Crippen MR) is 130 cm³/mol. The molecule has 0 bridgehead atoms. The number of H-pyrrole nitrogens is 1. The van der Waals surface area contributed by atoms with E-state index in [1.807, 2.05) is 0 Å². The number of rotatable bonds is 8. The van der Waals surface area contributed by atoms with Crippen LogP contribution in [0.5, 0.6) is 17.2 Å². The molecule has 0 radical (unpaired) electrons. The second-order valence-corrected chi connectivity index (χ2v) is 9.15. The van der Waals surface area contributed by atoms with Gasteiger partial charge in [-0.15, -0.1) is 0 Å². The Balaban J connectivity index is 1.26. The quantitative estimate of drug-likeness (QED) is 0.451. The number of hydrogen-bond donors (Lipinski definition) is 3. The summed E-state index contributed by atoms with van der Waals surface area (Å²) in [6, 6.07) is 6.63. The second kappa shape index (κ2) is 11.6. The fraction of sp³-hybridized carbons (Fsp3) is 0.480. The molecule has 3 atom stereocenters. The van der Waals surface area contributed by atoms with Crippen LogP contribution in [0.25, 0.3) is 0 Å². The van der Waals surface area contributed by atoms with Crippen LogP contribution in [0, 0.1) is 17.2 Å². The second-order valence-electron chi connectivity index (χ2n) is 9.15. The van der Waals surface area contributed by atoms with Crippen LogP contribution in [0.2, 0.25) is 0 Å². The molecule has 3 N–H and O–H groups in total. The lowest BCUT2D eigenvalue weighted by atomic mass is 10.0. The third-order valence-corrected chi connectivity index (χ3v) is 6.63. The number of carbonyl (C=O) groups is 3. The van der Waals surface area contributed by atoms with E-state index in [1.54, 1.807) is 11.0 Å². The van der Waals surface area contributed by atoms with E-state index in [-0.39, 0.29) is 46.8 Å². The lowest BCUT2D eigenvalue weighted by Crippen LogP contribution is -2.41. The standard InChI is InChI=1S/C25H29N5O7/c1-35-18-8-21(32)19(13-31)22(9-18)36-14-24(33)27-23-10-20(28-29-23)16-4-5-17(7-16)37-25(34)30-6-2-3-15(11-26)12-30/h8-10,13,15-17,32H,2-7,12,14H2,1H3,(H2,27,28,29,33). The Labute approximate surface area is 213 Å². The van der Waals surface area contributed by atoms with Gasteiger partial charge in [0.1, 0.15) is 23.4 Å². The number of ether oxygens (including phenoxy) is 3. The number of methoxy groups -OCH3 is 1. The Morgan fingerprint density at radius 3 is 2.92 bits per heavy atom. The third-order valence-electron chi connectivity index (χ3n) is 6.63. The molecule has 1 aliphatic heterocycles. The summed E-state index contributed by atoms with van der Waals surface area (Å²) in [5.74, 6) is -0.268. The number of hydrogen-bond acceptors (Lipinski definition) is 9. The molecule has 37 heavy (non-hydrogen) atoms. The van der Waals surface area contributed by atoms with Crippen molar-refractivity contribution in [2.45, 2.75) is 44.1 Å². The zero-order valence-corrected chi connectivity index (χ0v) is 20.4. The van der Waals surface area contributed by atoms with Gasteiger partial charge in [-0.2, -0.15) is 10.4 Å². The summed E-state index contributed by atoms with van der Waals surface area (Å²) in [5.41, 5.74) is 0.732. The number of nitrogens with zero attached hydrogens (tertiary/aromatic N) is 3. The van der Waals surface area contributed by atoms with Crippen molar-refractivity contribution < 1.29 is 33.7 Å². The van der Waals surface area contributed by atoms with Gasteiger partial charge in [-0.05, 0) is 32.1 Å². The maximum atomic E-state index is 12.5. The molecule has 1 aromatic carbocycles. The Hall–Kier alpha value is -4.27. The Bertz CT molecular complexity index is 1190. The number of anilines is 1. The van der Waals surface area contributed by atoms with E-state index in [0.29, 0.717) is 38.0 Å². The normalized spacial score (nSPS) is 21.1. The van der Waals surface area contributed by atoms with Gasteiger partial charge in [-0.1, -0.05) is 0 Å². The number of likely N-dealkylation sites (tertiary alicyclic amines) is 1. The fourth-order valence-electron chi connectivity index (χ4n) is 4.67. The number of piperidine rings is 1. The van der Waals surface area contributed by atoms with Crippen LogP contribution in [-0.2, 0) is 9.53 Å². The first-order chi connectivity index (χ1) is 17.9. The van der Waals surface area contributed by atoms with E-state index in [0.717, 1.165) is 25.0 Å². The highest BCUT2D eigenvalue weighted by molar-refractivity contribution is 5.91. The molecule has 2 fully saturated rings. The number of aromatic hydroxyl groups is 1. The molecule has 12 nitrogen and oxygen atoms in total. The minimum atomic E-state index is -0.507. The summed E-state index contributed by atoms with van der Waals surface area (Å²) in [6.07, 6.45) is 3.59. The van der Waals surface area contributed by atoms with Crippen molar-refractivity contribution in [3.63, 3.8) is 0 Å². The molecule has 2 heterocycles. The van der Waals surface area contributed by atoms with Crippen LogP contribution in [0.15, 0.2) is 18.2 Å². The molecule has 0 spiro atoms. The smallest absolute Gasteiger partial charge is 0.410 e. The number of amides is 2. The van der Waals surface area contributed by atoms with E-state index in [2.05, 4.69) is 21.6 Å². The Morgan fingerprint density at radius 1 is 1.32 bits per heavy atom. The van der Waals surface area contributed by atoms with Crippen molar-refractivity contribution >= 4 is 24.1 Å². The molecule has 196 valence electrons. The number of nitriles is 1. The van der Waals surface area contributed by atoms with Gasteiger partial charge in [0.25, 0.3) is 5.91 Å². The first-order valence-corrected chi connectivity index (χ1v) is 12.1. The third kappa shape index (κ3) is 6.30. The zero-order chi connectivity index (χ0) is 26.4. The molecule has 2 amide bonds. The van der Waals surface area contributed by atoms with Gasteiger partial charge >= 0.3 is 6.09 Å². The lowest BCUT2D eigenvalue weighted by molar-refractivity contribution is -0.118.